The number of aromatic hydroxyl groups is 1. The van der Waals surface area contributed by atoms with Crippen LogP contribution in [0.2, 0.25) is 0 Å². The van der Waals surface area contributed by atoms with Crippen LogP contribution in [0.5, 0.6) is 5.75 Å². The first-order valence-corrected chi connectivity index (χ1v) is 5.62. The molecule has 0 atom stereocenters. The Hall–Kier alpha value is -1.79. The lowest BCUT2D eigenvalue weighted by Gasteiger charge is -2.26. The van der Waals surface area contributed by atoms with Crippen LogP contribution in [0.3, 0.4) is 0 Å². The average Bonchev–Trinajstić information content (AvgIpc) is 2.36. The van der Waals surface area contributed by atoms with Crippen LogP contribution in [0.1, 0.15) is 18.9 Å². The molecule has 1 aromatic carbocycles. The summed E-state index contributed by atoms with van der Waals surface area (Å²) in [6.45, 7) is 1.85. The summed E-state index contributed by atoms with van der Waals surface area (Å²) in [5, 5.41) is 12.4. The van der Waals surface area contributed by atoms with Crippen LogP contribution >= 0.6 is 0 Å². The molecule has 1 rings (SSSR count). The molecule has 6 heteroatoms. The third-order valence-electron chi connectivity index (χ3n) is 2.74. The Balaban J connectivity index is 3.00. The van der Waals surface area contributed by atoms with Crippen molar-refractivity contribution in [2.24, 2.45) is 11.5 Å². The van der Waals surface area contributed by atoms with Gasteiger partial charge in [0.15, 0.2) is 0 Å². The van der Waals surface area contributed by atoms with Crippen LogP contribution in [-0.4, -0.2) is 24.7 Å². The summed E-state index contributed by atoms with van der Waals surface area (Å²) in [5.74, 6) is -0.326. The Kier molecular flexibility index (Phi) is 4.52. The zero-order chi connectivity index (χ0) is 13.8. The number of rotatable bonds is 5. The predicted octanol–water partition coefficient (Wildman–Crippen LogP) is 0.457. The van der Waals surface area contributed by atoms with E-state index in [1.807, 2.05) is 6.92 Å². The van der Waals surface area contributed by atoms with Gasteiger partial charge < -0.3 is 26.6 Å². The van der Waals surface area contributed by atoms with Gasteiger partial charge >= 0.3 is 5.97 Å². The normalized spacial score (nSPS) is 11.1. The van der Waals surface area contributed by atoms with Crippen molar-refractivity contribution in [1.29, 1.82) is 0 Å². The summed E-state index contributed by atoms with van der Waals surface area (Å²) in [4.78, 5) is 11.1. The van der Waals surface area contributed by atoms with E-state index in [0.717, 1.165) is 0 Å². The van der Waals surface area contributed by atoms with Gasteiger partial charge in [-0.3, -0.25) is 4.79 Å². The maximum atomic E-state index is 11.1. The van der Waals surface area contributed by atoms with Crippen LogP contribution in [0.25, 0.3) is 0 Å². The summed E-state index contributed by atoms with van der Waals surface area (Å²) in [6.07, 6.45) is 0.489. The van der Waals surface area contributed by atoms with E-state index in [0.29, 0.717) is 17.7 Å². The third kappa shape index (κ3) is 3.35. The number of ether oxygens (including phenoxy) is 1. The highest BCUT2D eigenvalue weighted by molar-refractivity contribution is 5.75. The number of anilines is 1. The fourth-order valence-electron chi connectivity index (χ4n) is 1.50. The van der Waals surface area contributed by atoms with Crippen molar-refractivity contribution in [1.82, 2.24) is 0 Å². The number of phenolic OH excluding ortho intramolecular Hbond substituents is 1. The number of carbonyl (C=O) groups excluding carboxylic acids is 1. The highest BCUT2D eigenvalue weighted by Crippen LogP contribution is 2.28. The summed E-state index contributed by atoms with van der Waals surface area (Å²) in [5.41, 5.74) is 12.0. The third-order valence-corrected chi connectivity index (χ3v) is 2.74. The molecule has 6 N–H and O–H groups in total. The first-order chi connectivity index (χ1) is 8.40. The predicted molar refractivity (Wildman–Crippen MR) is 69.0 cm³/mol. The molecule has 18 heavy (non-hydrogen) atoms. The minimum absolute atomic E-state index is 0.00801. The zero-order valence-electron chi connectivity index (χ0n) is 10.6. The molecule has 0 aromatic heterocycles. The number of carbonyl (C=O) groups is 1. The van der Waals surface area contributed by atoms with Gasteiger partial charge in [-0.25, -0.2) is 0 Å². The van der Waals surface area contributed by atoms with Crippen molar-refractivity contribution in [3.05, 3.63) is 23.8 Å². The lowest BCUT2D eigenvalue weighted by atomic mass is 9.96. The Morgan fingerprint density at radius 2 is 2.17 bits per heavy atom. The summed E-state index contributed by atoms with van der Waals surface area (Å²) in [6, 6.07) is 4.61. The van der Waals surface area contributed by atoms with E-state index in [2.05, 4.69) is 10.1 Å². The van der Waals surface area contributed by atoms with Gasteiger partial charge in [0.1, 0.15) is 12.3 Å². The van der Waals surface area contributed by atoms with Crippen LogP contribution in [0, 0.1) is 0 Å². The van der Waals surface area contributed by atoms with Gasteiger partial charge in [0.05, 0.1) is 12.8 Å². The first kappa shape index (κ1) is 14.3. The smallest absolute Gasteiger partial charge is 0.325 e. The molecule has 0 bridgehead atoms. The van der Waals surface area contributed by atoms with Gasteiger partial charge in [0, 0.05) is 11.3 Å². The van der Waals surface area contributed by atoms with Gasteiger partial charge in [0.25, 0.3) is 0 Å². The highest BCUT2D eigenvalue weighted by Gasteiger charge is 2.23. The lowest BCUT2D eigenvalue weighted by Crippen LogP contribution is -2.45. The quantitative estimate of drug-likeness (QED) is 0.344. The number of esters is 1. The van der Waals surface area contributed by atoms with Crippen LogP contribution in [0.15, 0.2) is 18.2 Å². The van der Waals surface area contributed by atoms with Gasteiger partial charge in [-0.2, -0.15) is 0 Å². The second-order valence-corrected chi connectivity index (χ2v) is 4.05. The molecule has 0 saturated carbocycles. The number of methoxy groups -OCH3 is 1. The number of phenols is 1. The summed E-state index contributed by atoms with van der Waals surface area (Å²) >= 11 is 0. The van der Waals surface area contributed by atoms with E-state index in [4.69, 9.17) is 11.5 Å². The zero-order valence-corrected chi connectivity index (χ0v) is 10.6. The molecule has 1 aromatic rings. The van der Waals surface area contributed by atoms with Crippen LogP contribution in [0.4, 0.5) is 5.69 Å². The topological polar surface area (TPSA) is 111 Å². The second kappa shape index (κ2) is 5.70. The van der Waals surface area contributed by atoms with Crippen molar-refractivity contribution in [3.8, 4) is 5.75 Å². The largest absolute Gasteiger partial charge is 0.508 e. The number of nitrogens with two attached hydrogens (primary N) is 2. The van der Waals surface area contributed by atoms with Gasteiger partial charge in [-0.15, -0.1) is 0 Å². The molecule has 0 heterocycles. The lowest BCUT2D eigenvalue weighted by molar-refractivity contribution is -0.138. The Morgan fingerprint density at radius 1 is 1.50 bits per heavy atom. The fourth-order valence-corrected chi connectivity index (χ4v) is 1.50. The van der Waals surface area contributed by atoms with Crippen LogP contribution in [-0.2, 0) is 15.2 Å². The molecule has 0 spiro atoms. The molecule has 0 amide bonds. The molecule has 0 fully saturated rings. The molecule has 0 unspecified atom stereocenters. The maximum Gasteiger partial charge on any atom is 0.325 e. The molecular formula is C12H19N3O3. The van der Waals surface area contributed by atoms with E-state index in [-0.39, 0.29) is 12.3 Å². The molecular weight excluding hydrogens is 234 g/mol. The number of hydrogen-bond donors (Lipinski definition) is 4. The molecule has 100 valence electrons. The Bertz CT molecular complexity index is 433. The van der Waals surface area contributed by atoms with Crippen molar-refractivity contribution in [2.75, 3.05) is 19.0 Å². The first-order valence-electron chi connectivity index (χ1n) is 5.62. The van der Waals surface area contributed by atoms with Crippen molar-refractivity contribution >= 4 is 11.7 Å². The van der Waals surface area contributed by atoms with Crippen LogP contribution < -0.4 is 16.8 Å². The molecule has 0 saturated heterocycles. The number of benzene rings is 1. The molecule has 6 nitrogen and oxygen atoms in total. The fraction of sp³-hybridized carbons (Fsp3) is 0.417. The van der Waals surface area contributed by atoms with Crippen molar-refractivity contribution in [2.45, 2.75) is 19.0 Å². The molecule has 0 aliphatic rings. The minimum Gasteiger partial charge on any atom is -0.508 e. The highest BCUT2D eigenvalue weighted by atomic mass is 16.5. The summed E-state index contributed by atoms with van der Waals surface area (Å²) in [7, 11) is 1.31. The standard InChI is InChI=1S/C12H19N3O3/c1-3-12(13,14)9-6-8(16)4-5-10(9)15-7-11(17)18-2/h4-6,15-16H,3,7,13-14H2,1-2H3. The van der Waals surface area contributed by atoms with Gasteiger partial charge in [-0.05, 0) is 24.6 Å². The van der Waals surface area contributed by atoms with E-state index in [1.54, 1.807) is 6.07 Å². The van der Waals surface area contributed by atoms with Gasteiger partial charge in [-0.1, -0.05) is 6.92 Å². The average molecular weight is 253 g/mol. The van der Waals surface area contributed by atoms with E-state index in [1.165, 1.54) is 19.2 Å². The minimum atomic E-state index is -1.07. The Labute approximate surface area is 106 Å². The van der Waals surface area contributed by atoms with Gasteiger partial charge in [0.2, 0.25) is 0 Å². The molecule has 0 aliphatic heterocycles. The van der Waals surface area contributed by atoms with Crippen molar-refractivity contribution < 1.29 is 14.6 Å². The van der Waals surface area contributed by atoms with Crippen molar-refractivity contribution in [3.63, 3.8) is 0 Å². The number of hydrogen-bond acceptors (Lipinski definition) is 6. The van der Waals surface area contributed by atoms with E-state index < -0.39 is 11.6 Å². The second-order valence-electron chi connectivity index (χ2n) is 4.05. The van der Waals surface area contributed by atoms with E-state index in [9.17, 15) is 9.90 Å². The monoisotopic (exact) mass is 253 g/mol. The van der Waals surface area contributed by atoms with E-state index >= 15 is 0 Å². The molecule has 0 aliphatic carbocycles. The maximum absolute atomic E-state index is 11.1. The Morgan fingerprint density at radius 3 is 2.72 bits per heavy atom. The molecule has 0 radical (unpaired) electrons. The SMILES string of the molecule is CCC(N)(N)c1cc(O)ccc1NCC(=O)OC. The number of nitrogens with one attached hydrogen (secondary N) is 1. The summed E-state index contributed by atoms with van der Waals surface area (Å²) < 4.78 is 4.53.